The molecule has 0 saturated carbocycles. The van der Waals surface area contributed by atoms with Crippen molar-refractivity contribution >= 4 is 15.7 Å². The Hall–Kier alpha value is -2.05. The van der Waals surface area contributed by atoms with Gasteiger partial charge in [-0.1, -0.05) is 12.1 Å². The van der Waals surface area contributed by atoms with E-state index in [1.54, 1.807) is 26.3 Å². The van der Waals surface area contributed by atoms with Crippen LogP contribution >= 0.6 is 0 Å². The summed E-state index contributed by atoms with van der Waals surface area (Å²) in [6, 6.07) is 13.5. The number of nitrogens with two attached hydrogens (primary N) is 1. The van der Waals surface area contributed by atoms with Crippen molar-refractivity contribution in [1.29, 1.82) is 0 Å². The second-order valence-corrected chi connectivity index (χ2v) is 6.73. The highest BCUT2D eigenvalue weighted by molar-refractivity contribution is 7.89. The first-order chi connectivity index (χ1) is 9.93. The van der Waals surface area contributed by atoms with Crippen LogP contribution in [0.3, 0.4) is 0 Å². The Morgan fingerprint density at radius 3 is 2.43 bits per heavy atom. The van der Waals surface area contributed by atoms with Gasteiger partial charge in [-0.25, -0.2) is 8.42 Å². The normalized spacial score (nSPS) is 11.6. The fourth-order valence-corrected chi connectivity index (χ4v) is 3.09. The molecule has 0 saturated heterocycles. The summed E-state index contributed by atoms with van der Waals surface area (Å²) in [5.74, 6) is 0.700. The van der Waals surface area contributed by atoms with Gasteiger partial charge in [0.15, 0.2) is 0 Å². The smallest absolute Gasteiger partial charge is 0.243 e. The van der Waals surface area contributed by atoms with Gasteiger partial charge >= 0.3 is 0 Å². The molecule has 0 fully saturated rings. The molecule has 2 rings (SSSR count). The van der Waals surface area contributed by atoms with Gasteiger partial charge in [0.05, 0.1) is 12.0 Å². The highest BCUT2D eigenvalue weighted by atomic mass is 32.2. The van der Waals surface area contributed by atoms with Gasteiger partial charge in [-0.2, -0.15) is 4.31 Å². The lowest BCUT2D eigenvalue weighted by atomic mass is 10.2. The fraction of sp³-hybridized carbons (Fsp3) is 0.200. The van der Waals surface area contributed by atoms with E-state index in [1.165, 1.54) is 16.4 Å². The van der Waals surface area contributed by atoms with Crippen LogP contribution in [0.1, 0.15) is 5.56 Å². The number of hydrogen-bond acceptors (Lipinski definition) is 4. The predicted octanol–water partition coefficient (Wildman–Crippen LogP) is 2.10. The maximum absolute atomic E-state index is 12.5. The van der Waals surface area contributed by atoms with Gasteiger partial charge in [0.1, 0.15) is 5.75 Å². The zero-order chi connectivity index (χ0) is 15.5. The van der Waals surface area contributed by atoms with Crippen LogP contribution in [0.4, 0.5) is 5.69 Å². The molecule has 0 unspecified atom stereocenters. The molecule has 0 heterocycles. The number of benzene rings is 2. The van der Waals surface area contributed by atoms with Crippen LogP contribution < -0.4 is 10.5 Å². The van der Waals surface area contributed by atoms with Crippen molar-refractivity contribution in [3.05, 3.63) is 54.1 Å². The molecule has 0 aliphatic carbocycles. The number of ether oxygens (including phenoxy) is 1. The van der Waals surface area contributed by atoms with Gasteiger partial charge in [0, 0.05) is 19.3 Å². The topological polar surface area (TPSA) is 72.6 Å². The zero-order valence-corrected chi connectivity index (χ0v) is 12.8. The van der Waals surface area contributed by atoms with E-state index in [0.717, 1.165) is 5.56 Å². The van der Waals surface area contributed by atoms with Crippen molar-refractivity contribution < 1.29 is 13.2 Å². The van der Waals surface area contributed by atoms with Crippen molar-refractivity contribution in [2.75, 3.05) is 19.9 Å². The molecular formula is C15H18N2O3S. The molecule has 0 atom stereocenters. The lowest BCUT2D eigenvalue weighted by Gasteiger charge is -2.17. The quantitative estimate of drug-likeness (QED) is 0.859. The van der Waals surface area contributed by atoms with Crippen molar-refractivity contribution in [1.82, 2.24) is 4.31 Å². The molecule has 2 aromatic rings. The Labute approximate surface area is 125 Å². The zero-order valence-electron chi connectivity index (χ0n) is 12.0. The lowest BCUT2D eigenvalue weighted by Crippen LogP contribution is -2.26. The third-order valence-electron chi connectivity index (χ3n) is 3.13. The first-order valence-corrected chi connectivity index (χ1v) is 7.82. The van der Waals surface area contributed by atoms with E-state index < -0.39 is 10.0 Å². The summed E-state index contributed by atoms with van der Waals surface area (Å²) in [6.07, 6.45) is 0. The third-order valence-corrected chi connectivity index (χ3v) is 4.95. The van der Waals surface area contributed by atoms with E-state index in [-0.39, 0.29) is 11.4 Å². The molecule has 0 spiro atoms. The van der Waals surface area contributed by atoms with Crippen LogP contribution in [0.2, 0.25) is 0 Å². The Balaban J connectivity index is 2.22. The number of anilines is 1. The number of nitrogens with zero attached hydrogens (tertiary/aromatic N) is 1. The molecule has 0 aromatic heterocycles. The van der Waals surface area contributed by atoms with Crippen molar-refractivity contribution in [2.45, 2.75) is 11.4 Å². The number of sulfonamides is 1. The number of rotatable bonds is 5. The van der Waals surface area contributed by atoms with Gasteiger partial charge in [0.2, 0.25) is 10.0 Å². The third kappa shape index (κ3) is 3.53. The van der Waals surface area contributed by atoms with Crippen LogP contribution in [0.25, 0.3) is 0 Å². The second kappa shape index (κ2) is 6.15. The molecule has 6 heteroatoms. The van der Waals surface area contributed by atoms with E-state index in [1.807, 2.05) is 24.3 Å². The summed E-state index contributed by atoms with van der Waals surface area (Å²) < 4.78 is 31.3. The number of methoxy groups -OCH3 is 1. The van der Waals surface area contributed by atoms with Gasteiger partial charge in [-0.15, -0.1) is 0 Å². The summed E-state index contributed by atoms with van der Waals surface area (Å²) in [5, 5.41) is 0. The van der Waals surface area contributed by atoms with Gasteiger partial charge in [-0.3, -0.25) is 0 Å². The standard InChI is InChI=1S/C15H18N2O3S/c1-17(11-12-4-3-5-14(10-12)20-2)21(18,19)15-8-6-13(16)7-9-15/h3-10H,11,16H2,1-2H3. The Morgan fingerprint density at radius 1 is 1.14 bits per heavy atom. The van der Waals surface area contributed by atoms with Gasteiger partial charge in [-0.05, 0) is 42.0 Å². The molecule has 0 aliphatic heterocycles. The van der Waals surface area contributed by atoms with Crippen molar-refractivity contribution in [2.24, 2.45) is 0 Å². The van der Waals surface area contributed by atoms with Crippen LogP contribution in [-0.2, 0) is 16.6 Å². The Morgan fingerprint density at radius 2 is 1.81 bits per heavy atom. The fourth-order valence-electron chi connectivity index (χ4n) is 1.93. The highest BCUT2D eigenvalue weighted by Gasteiger charge is 2.20. The highest BCUT2D eigenvalue weighted by Crippen LogP contribution is 2.19. The number of hydrogen-bond donors (Lipinski definition) is 1. The molecule has 112 valence electrons. The SMILES string of the molecule is COc1cccc(CN(C)S(=O)(=O)c2ccc(N)cc2)c1. The summed E-state index contributed by atoms with van der Waals surface area (Å²) in [7, 11) is -0.412. The minimum atomic E-state index is -3.54. The maximum atomic E-state index is 12.5. The summed E-state index contributed by atoms with van der Waals surface area (Å²) in [5.41, 5.74) is 6.97. The minimum Gasteiger partial charge on any atom is -0.497 e. The molecule has 5 nitrogen and oxygen atoms in total. The van der Waals surface area contributed by atoms with E-state index >= 15 is 0 Å². The molecule has 0 amide bonds. The summed E-state index contributed by atoms with van der Waals surface area (Å²) in [6.45, 7) is 0.268. The molecular weight excluding hydrogens is 288 g/mol. The second-order valence-electron chi connectivity index (χ2n) is 4.68. The van der Waals surface area contributed by atoms with E-state index in [0.29, 0.717) is 11.4 Å². The average molecular weight is 306 g/mol. The molecule has 0 bridgehead atoms. The molecule has 0 aliphatic rings. The van der Waals surface area contributed by atoms with Crippen LogP contribution in [-0.4, -0.2) is 26.9 Å². The van der Waals surface area contributed by atoms with E-state index in [2.05, 4.69) is 0 Å². The summed E-state index contributed by atoms with van der Waals surface area (Å²) >= 11 is 0. The first-order valence-electron chi connectivity index (χ1n) is 6.38. The first kappa shape index (κ1) is 15.3. The molecule has 0 radical (unpaired) electrons. The van der Waals surface area contributed by atoms with Crippen molar-refractivity contribution in [3.8, 4) is 5.75 Å². The summed E-state index contributed by atoms with van der Waals surface area (Å²) in [4.78, 5) is 0.224. The minimum absolute atomic E-state index is 0.224. The van der Waals surface area contributed by atoms with Crippen LogP contribution in [0, 0.1) is 0 Å². The molecule has 21 heavy (non-hydrogen) atoms. The van der Waals surface area contributed by atoms with E-state index in [9.17, 15) is 8.42 Å². The lowest BCUT2D eigenvalue weighted by molar-refractivity contribution is 0.412. The number of nitrogen functional groups attached to an aromatic ring is 1. The molecule has 2 aromatic carbocycles. The average Bonchev–Trinajstić information content (AvgIpc) is 2.48. The molecule has 2 N–H and O–H groups in total. The van der Waals surface area contributed by atoms with Gasteiger partial charge < -0.3 is 10.5 Å². The Bertz CT molecular complexity index is 712. The predicted molar refractivity (Wildman–Crippen MR) is 82.5 cm³/mol. The monoisotopic (exact) mass is 306 g/mol. The maximum Gasteiger partial charge on any atom is 0.243 e. The van der Waals surface area contributed by atoms with E-state index in [4.69, 9.17) is 10.5 Å². The largest absolute Gasteiger partial charge is 0.497 e. The van der Waals surface area contributed by atoms with Crippen LogP contribution in [0.5, 0.6) is 5.75 Å². The van der Waals surface area contributed by atoms with Crippen LogP contribution in [0.15, 0.2) is 53.4 Å². The van der Waals surface area contributed by atoms with Crippen molar-refractivity contribution in [3.63, 3.8) is 0 Å². The Kier molecular flexibility index (Phi) is 4.50. The van der Waals surface area contributed by atoms with Gasteiger partial charge in [0.25, 0.3) is 0 Å².